The second kappa shape index (κ2) is 32.9. The van der Waals surface area contributed by atoms with E-state index in [1.165, 1.54) is 0 Å². The fourth-order valence-corrected chi connectivity index (χ4v) is 4.89. The third-order valence-corrected chi connectivity index (χ3v) is 12.6. The first-order valence-electron chi connectivity index (χ1n) is 19.0. The molecule has 0 heterocycles. The molecule has 0 bridgehead atoms. The molecule has 0 radical (unpaired) electrons. The molecule has 1 aromatic rings. The van der Waals surface area contributed by atoms with Crippen molar-refractivity contribution >= 4 is 14.3 Å². The number of esters is 1. The summed E-state index contributed by atoms with van der Waals surface area (Å²) in [5, 5.41) is 0.195. The maximum absolute atomic E-state index is 13.6. The number of hydrogen-bond acceptors (Lipinski definition) is 14. The van der Waals surface area contributed by atoms with Crippen molar-refractivity contribution < 1.29 is 88.0 Å². The topological polar surface area (TPSA) is 137 Å². The van der Waals surface area contributed by atoms with Gasteiger partial charge in [-0.1, -0.05) is 20.8 Å². The molecule has 0 fully saturated rings. The van der Waals surface area contributed by atoms with Crippen molar-refractivity contribution in [1.29, 1.82) is 0 Å². The van der Waals surface area contributed by atoms with Crippen molar-refractivity contribution in [3.8, 4) is 5.75 Å². The number of ether oxygens (including phenoxy) is 12. The highest BCUT2D eigenvalue weighted by Crippen LogP contribution is 2.36. The summed E-state index contributed by atoms with van der Waals surface area (Å²) < 4.78 is 136. The van der Waals surface area contributed by atoms with Crippen LogP contribution < -0.4 is 4.74 Å². The summed E-state index contributed by atoms with van der Waals surface area (Å²) in [6, 6.07) is 0. The predicted octanol–water partition coefficient (Wildman–Crippen LogP) is 4.88. The smallest absolute Gasteiger partial charge is 0.313 e. The predicted molar refractivity (Wildman–Crippen MR) is 199 cm³/mol. The van der Waals surface area contributed by atoms with E-state index in [4.69, 9.17) is 56.5 Å². The van der Waals surface area contributed by atoms with E-state index in [0.29, 0.717) is 126 Å². The number of hydrogen-bond donors (Lipinski definition) is 0. The van der Waals surface area contributed by atoms with E-state index >= 15 is 0 Å². The average molecular weight is 855 g/mol. The second-order valence-corrected chi connectivity index (χ2v) is 18.3. The van der Waals surface area contributed by atoms with Gasteiger partial charge in [-0.15, -0.1) is 0 Å². The molecule has 0 amide bonds. The van der Waals surface area contributed by atoms with Crippen LogP contribution in [0, 0.1) is 29.1 Å². The number of carbonyl (C=O) groups excluding carboxylic acids is 1. The molecule has 334 valence electrons. The standard InChI is InChI=1S/C37H63F5O14Si/c1-37(2,3)57(4,5)55-29-28-54-27-26-53-25-24-52-23-22-51-21-20-50-19-18-49-17-16-48-15-14-47-13-12-46-11-10-45-9-8-44-7-6-30(43)56-36-34(41)32(39)31(38)33(40)35(36)42/h6-29H2,1-5H3. The molecule has 0 aromatic heterocycles. The minimum Gasteiger partial charge on any atom is -0.420 e. The summed E-state index contributed by atoms with van der Waals surface area (Å²) in [6.45, 7) is 20.1. The highest BCUT2D eigenvalue weighted by atomic mass is 28.4. The molecule has 0 saturated heterocycles. The largest absolute Gasteiger partial charge is 0.420 e. The summed E-state index contributed by atoms with van der Waals surface area (Å²) in [5.41, 5.74) is 0. The summed E-state index contributed by atoms with van der Waals surface area (Å²) >= 11 is 0. The normalized spacial score (nSPS) is 12.2. The SMILES string of the molecule is CC(C)(C)[Si](C)(C)OCCOCCOCCOCCOCCOCCOCCOCCOCCOCCOCCOCCC(=O)Oc1c(F)c(F)c(F)c(F)c1F. The molecule has 0 saturated carbocycles. The minimum atomic E-state index is -2.35. The molecule has 20 heteroatoms. The molecular formula is C37H63F5O14Si. The lowest BCUT2D eigenvalue weighted by molar-refractivity contribution is -0.136. The van der Waals surface area contributed by atoms with Crippen LogP contribution in [0.4, 0.5) is 22.0 Å². The van der Waals surface area contributed by atoms with Crippen LogP contribution in [-0.2, 0) is 61.3 Å². The Hall–Kier alpha value is -1.92. The van der Waals surface area contributed by atoms with Crippen molar-refractivity contribution in [3.05, 3.63) is 29.1 Å². The Bertz CT molecular complexity index is 1150. The summed E-state index contributed by atoms with van der Waals surface area (Å²) in [7, 11) is -1.72. The van der Waals surface area contributed by atoms with Gasteiger partial charge in [-0.2, -0.15) is 8.78 Å². The quantitative estimate of drug-likeness (QED) is 0.0170. The van der Waals surface area contributed by atoms with E-state index in [1.807, 2.05) is 0 Å². The summed E-state index contributed by atoms with van der Waals surface area (Å²) in [4.78, 5) is 11.7. The molecule has 0 aliphatic carbocycles. The van der Waals surface area contributed by atoms with Gasteiger partial charge in [-0.05, 0) is 18.1 Å². The number of halogens is 5. The van der Waals surface area contributed by atoms with E-state index < -0.39 is 55.5 Å². The van der Waals surface area contributed by atoms with E-state index in [1.54, 1.807) is 0 Å². The molecule has 1 aromatic carbocycles. The molecular weight excluding hydrogens is 791 g/mol. The van der Waals surface area contributed by atoms with Crippen molar-refractivity contribution in [2.75, 3.05) is 152 Å². The van der Waals surface area contributed by atoms with Crippen LogP contribution >= 0.6 is 0 Å². The van der Waals surface area contributed by atoms with Crippen LogP contribution in [0.5, 0.6) is 5.75 Å². The van der Waals surface area contributed by atoms with Crippen LogP contribution in [0.25, 0.3) is 0 Å². The lowest BCUT2D eigenvalue weighted by Crippen LogP contribution is -2.41. The van der Waals surface area contributed by atoms with Crippen molar-refractivity contribution in [3.63, 3.8) is 0 Å². The van der Waals surface area contributed by atoms with Crippen LogP contribution in [0.3, 0.4) is 0 Å². The van der Waals surface area contributed by atoms with Gasteiger partial charge in [-0.25, -0.2) is 13.2 Å². The maximum atomic E-state index is 13.6. The third kappa shape index (κ3) is 26.0. The van der Waals surface area contributed by atoms with E-state index in [2.05, 4.69) is 38.6 Å². The Balaban J connectivity index is 1.73. The molecule has 0 aliphatic rings. The van der Waals surface area contributed by atoms with E-state index in [9.17, 15) is 26.7 Å². The zero-order valence-corrected chi connectivity index (χ0v) is 35.1. The van der Waals surface area contributed by atoms with Gasteiger partial charge in [-0.3, -0.25) is 4.79 Å². The molecule has 0 unspecified atom stereocenters. The zero-order chi connectivity index (χ0) is 42.2. The lowest BCUT2D eigenvalue weighted by Gasteiger charge is -2.36. The molecule has 0 atom stereocenters. The Morgan fingerprint density at radius 3 is 0.895 bits per heavy atom. The fraction of sp³-hybridized carbons (Fsp3) is 0.811. The first-order chi connectivity index (χ1) is 27.3. The van der Waals surface area contributed by atoms with Crippen LogP contribution in [0.1, 0.15) is 27.2 Å². The van der Waals surface area contributed by atoms with Gasteiger partial charge < -0.3 is 61.3 Å². The number of benzene rings is 1. The van der Waals surface area contributed by atoms with Gasteiger partial charge in [0.05, 0.1) is 158 Å². The number of carbonyl (C=O) groups is 1. The van der Waals surface area contributed by atoms with E-state index in [0.717, 1.165) is 0 Å². The average Bonchev–Trinajstić information content (AvgIpc) is 3.17. The van der Waals surface area contributed by atoms with Crippen molar-refractivity contribution in [1.82, 2.24) is 0 Å². The molecule has 0 N–H and O–H groups in total. The summed E-state index contributed by atoms with van der Waals surface area (Å²) in [5.74, 6) is -14.1. The van der Waals surface area contributed by atoms with Crippen LogP contribution in [0.15, 0.2) is 0 Å². The Kier molecular flexibility index (Phi) is 30.6. The maximum Gasteiger partial charge on any atom is 0.313 e. The summed E-state index contributed by atoms with van der Waals surface area (Å²) in [6.07, 6.45) is -0.488. The van der Waals surface area contributed by atoms with Gasteiger partial charge in [0.2, 0.25) is 34.8 Å². The second-order valence-electron chi connectivity index (χ2n) is 13.5. The lowest BCUT2D eigenvalue weighted by atomic mass is 10.2. The van der Waals surface area contributed by atoms with Gasteiger partial charge in [0, 0.05) is 0 Å². The highest BCUT2D eigenvalue weighted by Gasteiger charge is 2.36. The molecule has 14 nitrogen and oxygen atoms in total. The first-order valence-corrected chi connectivity index (χ1v) is 21.9. The van der Waals surface area contributed by atoms with Gasteiger partial charge in [0.15, 0.2) is 8.32 Å². The fourth-order valence-electron chi connectivity index (χ4n) is 3.87. The highest BCUT2D eigenvalue weighted by molar-refractivity contribution is 6.74. The zero-order valence-electron chi connectivity index (χ0n) is 34.1. The first kappa shape index (κ1) is 53.1. The third-order valence-electron chi connectivity index (χ3n) is 8.05. The Morgan fingerprint density at radius 2 is 0.632 bits per heavy atom. The minimum absolute atomic E-state index is 0.0791. The Morgan fingerprint density at radius 1 is 0.404 bits per heavy atom. The van der Waals surface area contributed by atoms with Crippen molar-refractivity contribution in [2.45, 2.75) is 45.3 Å². The monoisotopic (exact) mass is 854 g/mol. The molecule has 1 rings (SSSR count). The van der Waals surface area contributed by atoms with Crippen molar-refractivity contribution in [2.24, 2.45) is 0 Å². The molecule has 0 aliphatic heterocycles. The Labute approximate surface area is 334 Å². The van der Waals surface area contributed by atoms with Gasteiger partial charge >= 0.3 is 5.97 Å². The van der Waals surface area contributed by atoms with E-state index in [-0.39, 0.29) is 31.5 Å². The molecule has 57 heavy (non-hydrogen) atoms. The van der Waals surface area contributed by atoms with Gasteiger partial charge in [0.25, 0.3) is 0 Å². The number of rotatable bonds is 38. The van der Waals surface area contributed by atoms with Crippen LogP contribution in [-0.4, -0.2) is 166 Å². The van der Waals surface area contributed by atoms with Crippen LogP contribution in [0.2, 0.25) is 18.1 Å². The van der Waals surface area contributed by atoms with Gasteiger partial charge in [0.1, 0.15) is 0 Å². The molecule has 0 spiro atoms.